The molecule has 3 heteroatoms. The number of nitrogens with one attached hydrogen (secondary N) is 1. The summed E-state index contributed by atoms with van der Waals surface area (Å²) in [6.07, 6.45) is 7.84. The van der Waals surface area contributed by atoms with Gasteiger partial charge < -0.3 is 10.2 Å². The van der Waals surface area contributed by atoms with Crippen LogP contribution in [0.3, 0.4) is 0 Å². The zero-order chi connectivity index (χ0) is 13.0. The van der Waals surface area contributed by atoms with Crippen molar-refractivity contribution < 1.29 is 4.79 Å². The SMILES string of the molecule is CCN(C(=O)CNCC1CCCC(C)C1)C1CC1. The average molecular weight is 252 g/mol. The number of carbonyl (C=O) groups excluding carboxylic acids is 1. The molecule has 0 radical (unpaired) electrons. The van der Waals surface area contributed by atoms with E-state index < -0.39 is 0 Å². The Labute approximate surface area is 111 Å². The van der Waals surface area contributed by atoms with Crippen LogP contribution in [0.1, 0.15) is 52.4 Å². The van der Waals surface area contributed by atoms with Crippen molar-refractivity contribution in [2.75, 3.05) is 19.6 Å². The molecule has 0 aromatic rings. The molecule has 2 aliphatic rings. The monoisotopic (exact) mass is 252 g/mol. The third kappa shape index (κ3) is 3.98. The lowest BCUT2D eigenvalue weighted by atomic mass is 9.82. The Hall–Kier alpha value is -0.570. The summed E-state index contributed by atoms with van der Waals surface area (Å²) >= 11 is 0. The quantitative estimate of drug-likeness (QED) is 0.787. The maximum Gasteiger partial charge on any atom is 0.236 e. The average Bonchev–Trinajstić information content (AvgIpc) is 3.14. The van der Waals surface area contributed by atoms with E-state index >= 15 is 0 Å². The van der Waals surface area contributed by atoms with Crippen molar-refractivity contribution in [1.82, 2.24) is 10.2 Å². The number of carbonyl (C=O) groups is 1. The number of rotatable bonds is 6. The molecule has 0 aromatic heterocycles. The summed E-state index contributed by atoms with van der Waals surface area (Å²) in [4.78, 5) is 14.1. The zero-order valence-electron chi connectivity index (χ0n) is 12.0. The van der Waals surface area contributed by atoms with Crippen LogP contribution in [0.2, 0.25) is 0 Å². The lowest BCUT2D eigenvalue weighted by Crippen LogP contribution is -2.41. The van der Waals surface area contributed by atoms with Crippen molar-refractivity contribution in [2.24, 2.45) is 11.8 Å². The standard InChI is InChI=1S/C15H28N2O/c1-3-17(14-7-8-14)15(18)11-16-10-13-6-4-5-12(2)9-13/h12-14,16H,3-11H2,1-2H3. The van der Waals surface area contributed by atoms with Crippen LogP contribution in [0.25, 0.3) is 0 Å². The second kappa shape index (κ2) is 6.55. The van der Waals surface area contributed by atoms with Gasteiger partial charge in [-0.05, 0) is 51.0 Å². The molecule has 2 rings (SSSR count). The largest absolute Gasteiger partial charge is 0.339 e. The van der Waals surface area contributed by atoms with Gasteiger partial charge in [0.2, 0.25) is 5.91 Å². The van der Waals surface area contributed by atoms with Crippen molar-refractivity contribution in [2.45, 2.75) is 58.4 Å². The Morgan fingerprint density at radius 3 is 2.67 bits per heavy atom. The van der Waals surface area contributed by atoms with E-state index in [-0.39, 0.29) is 0 Å². The third-order valence-corrected chi connectivity index (χ3v) is 4.40. The van der Waals surface area contributed by atoms with Crippen molar-refractivity contribution in [3.05, 3.63) is 0 Å². The van der Waals surface area contributed by atoms with Crippen molar-refractivity contribution >= 4 is 5.91 Å². The van der Waals surface area contributed by atoms with Crippen molar-refractivity contribution in [3.8, 4) is 0 Å². The summed E-state index contributed by atoms with van der Waals surface area (Å²) in [6.45, 7) is 6.86. The highest BCUT2D eigenvalue weighted by molar-refractivity contribution is 5.78. The molecule has 0 aromatic carbocycles. The molecule has 2 saturated carbocycles. The molecule has 0 bridgehead atoms. The van der Waals surface area contributed by atoms with E-state index in [4.69, 9.17) is 0 Å². The molecule has 2 atom stereocenters. The van der Waals surface area contributed by atoms with Gasteiger partial charge in [-0.3, -0.25) is 4.79 Å². The highest BCUT2D eigenvalue weighted by Gasteiger charge is 2.31. The van der Waals surface area contributed by atoms with E-state index in [0.29, 0.717) is 18.5 Å². The van der Waals surface area contributed by atoms with Gasteiger partial charge in [0.25, 0.3) is 0 Å². The Balaban J connectivity index is 1.63. The molecule has 0 heterocycles. The second-order valence-electron chi connectivity index (χ2n) is 6.18. The summed E-state index contributed by atoms with van der Waals surface area (Å²) in [5, 5.41) is 3.38. The minimum Gasteiger partial charge on any atom is -0.339 e. The van der Waals surface area contributed by atoms with Crippen LogP contribution in [0.15, 0.2) is 0 Å². The molecule has 1 N–H and O–H groups in total. The molecular formula is C15H28N2O. The first-order chi connectivity index (χ1) is 8.70. The van der Waals surface area contributed by atoms with Crippen LogP contribution in [0.5, 0.6) is 0 Å². The van der Waals surface area contributed by atoms with Gasteiger partial charge in [-0.15, -0.1) is 0 Å². The normalized spacial score (nSPS) is 28.1. The summed E-state index contributed by atoms with van der Waals surface area (Å²) in [6, 6.07) is 0.555. The molecular weight excluding hydrogens is 224 g/mol. The van der Waals surface area contributed by atoms with Crippen LogP contribution in [0, 0.1) is 11.8 Å². The molecule has 2 aliphatic carbocycles. The lowest BCUT2D eigenvalue weighted by molar-refractivity contribution is -0.130. The zero-order valence-corrected chi connectivity index (χ0v) is 12.0. The fraction of sp³-hybridized carbons (Fsp3) is 0.933. The molecule has 0 aliphatic heterocycles. The fourth-order valence-electron chi connectivity index (χ4n) is 3.25. The summed E-state index contributed by atoms with van der Waals surface area (Å²) in [7, 11) is 0. The van der Waals surface area contributed by atoms with Crippen molar-refractivity contribution in [1.29, 1.82) is 0 Å². The Morgan fingerprint density at radius 2 is 2.06 bits per heavy atom. The Morgan fingerprint density at radius 1 is 1.28 bits per heavy atom. The summed E-state index contributed by atoms with van der Waals surface area (Å²) in [5.74, 6) is 1.96. The number of amides is 1. The molecule has 18 heavy (non-hydrogen) atoms. The highest BCUT2D eigenvalue weighted by atomic mass is 16.2. The van der Waals surface area contributed by atoms with E-state index in [1.54, 1.807) is 0 Å². The van der Waals surface area contributed by atoms with E-state index in [0.717, 1.165) is 24.9 Å². The topological polar surface area (TPSA) is 32.3 Å². The Kier molecular flexibility index (Phi) is 5.04. The Bertz CT molecular complexity index is 276. The van der Waals surface area contributed by atoms with E-state index in [9.17, 15) is 4.79 Å². The van der Waals surface area contributed by atoms with Gasteiger partial charge in [0.05, 0.1) is 6.54 Å². The number of hydrogen-bond donors (Lipinski definition) is 1. The summed E-state index contributed by atoms with van der Waals surface area (Å²) < 4.78 is 0. The van der Waals surface area contributed by atoms with Gasteiger partial charge in [0.15, 0.2) is 0 Å². The maximum atomic E-state index is 12.0. The first-order valence-corrected chi connectivity index (χ1v) is 7.71. The van der Waals surface area contributed by atoms with Gasteiger partial charge in [-0.25, -0.2) is 0 Å². The highest BCUT2D eigenvalue weighted by Crippen LogP contribution is 2.28. The van der Waals surface area contributed by atoms with Crippen molar-refractivity contribution in [3.63, 3.8) is 0 Å². The molecule has 0 spiro atoms. The number of hydrogen-bond acceptors (Lipinski definition) is 2. The first-order valence-electron chi connectivity index (χ1n) is 7.71. The van der Waals surface area contributed by atoms with Crippen LogP contribution in [-0.4, -0.2) is 36.5 Å². The number of nitrogens with zero attached hydrogens (tertiary/aromatic N) is 1. The lowest BCUT2D eigenvalue weighted by Gasteiger charge is -2.27. The molecule has 3 nitrogen and oxygen atoms in total. The van der Waals surface area contributed by atoms with Crippen LogP contribution in [0.4, 0.5) is 0 Å². The minimum atomic E-state index is 0.295. The van der Waals surface area contributed by atoms with Crippen LogP contribution in [-0.2, 0) is 4.79 Å². The molecule has 1 amide bonds. The van der Waals surface area contributed by atoms with E-state index in [1.165, 1.54) is 38.5 Å². The maximum absolute atomic E-state index is 12.0. The van der Waals surface area contributed by atoms with Gasteiger partial charge in [0, 0.05) is 12.6 Å². The van der Waals surface area contributed by atoms with Gasteiger partial charge in [0.1, 0.15) is 0 Å². The predicted octanol–water partition coefficient (Wildman–Crippen LogP) is 2.41. The summed E-state index contributed by atoms with van der Waals surface area (Å²) in [5.41, 5.74) is 0. The third-order valence-electron chi connectivity index (χ3n) is 4.40. The van der Waals surface area contributed by atoms with E-state index in [2.05, 4.69) is 19.2 Å². The smallest absolute Gasteiger partial charge is 0.236 e. The molecule has 2 fully saturated rings. The second-order valence-corrected chi connectivity index (χ2v) is 6.18. The van der Waals surface area contributed by atoms with E-state index in [1.807, 2.05) is 4.90 Å². The van der Waals surface area contributed by atoms with Crippen LogP contribution < -0.4 is 5.32 Å². The van der Waals surface area contributed by atoms with Gasteiger partial charge in [-0.2, -0.15) is 0 Å². The van der Waals surface area contributed by atoms with Gasteiger partial charge >= 0.3 is 0 Å². The molecule has 2 unspecified atom stereocenters. The number of likely N-dealkylation sites (N-methyl/N-ethyl adjacent to an activating group) is 1. The fourth-order valence-corrected chi connectivity index (χ4v) is 3.25. The minimum absolute atomic E-state index is 0.295. The van der Waals surface area contributed by atoms with Gasteiger partial charge in [-0.1, -0.05) is 19.8 Å². The molecule has 104 valence electrons. The van der Waals surface area contributed by atoms with Crippen LogP contribution >= 0.6 is 0 Å². The predicted molar refractivity (Wildman–Crippen MR) is 74.4 cm³/mol. The first kappa shape index (κ1) is 13.9. The molecule has 0 saturated heterocycles.